The van der Waals surface area contributed by atoms with Crippen LogP contribution in [0.4, 0.5) is 0 Å². The van der Waals surface area contributed by atoms with Gasteiger partial charge in [0.25, 0.3) is 0 Å². The SMILES string of the molecule is CCC1=CCOCC1. The van der Waals surface area contributed by atoms with Crippen LogP contribution in [0.5, 0.6) is 0 Å². The molecule has 0 bridgehead atoms. The fourth-order valence-corrected chi connectivity index (χ4v) is 0.887. The van der Waals surface area contributed by atoms with Gasteiger partial charge in [-0.1, -0.05) is 18.6 Å². The third-order valence-corrected chi connectivity index (χ3v) is 1.51. The summed E-state index contributed by atoms with van der Waals surface area (Å²) in [6.45, 7) is 3.96. The van der Waals surface area contributed by atoms with Crippen LogP contribution in [0, 0.1) is 0 Å². The Labute approximate surface area is 50.3 Å². The third kappa shape index (κ3) is 1.34. The number of rotatable bonds is 1. The topological polar surface area (TPSA) is 9.23 Å². The second-order valence-electron chi connectivity index (χ2n) is 2.04. The zero-order valence-corrected chi connectivity index (χ0v) is 5.31. The summed E-state index contributed by atoms with van der Waals surface area (Å²) in [6, 6.07) is 0. The van der Waals surface area contributed by atoms with Crippen LogP contribution in [0.25, 0.3) is 0 Å². The molecule has 1 heteroatoms. The van der Waals surface area contributed by atoms with E-state index in [4.69, 9.17) is 4.74 Å². The van der Waals surface area contributed by atoms with Crippen molar-refractivity contribution < 1.29 is 4.74 Å². The van der Waals surface area contributed by atoms with Gasteiger partial charge in [0.1, 0.15) is 0 Å². The minimum atomic E-state index is 0.836. The maximum Gasteiger partial charge on any atom is 0.0650 e. The van der Waals surface area contributed by atoms with Gasteiger partial charge < -0.3 is 4.74 Å². The van der Waals surface area contributed by atoms with Gasteiger partial charge in [-0.15, -0.1) is 0 Å². The molecule has 0 spiro atoms. The maximum absolute atomic E-state index is 5.13. The highest BCUT2D eigenvalue weighted by Crippen LogP contribution is 2.09. The molecule has 0 amide bonds. The minimum absolute atomic E-state index is 0.836. The first kappa shape index (κ1) is 5.83. The summed E-state index contributed by atoms with van der Waals surface area (Å²) in [6.07, 6.45) is 4.53. The predicted molar refractivity (Wildman–Crippen MR) is 33.8 cm³/mol. The summed E-state index contributed by atoms with van der Waals surface area (Å²) >= 11 is 0. The minimum Gasteiger partial charge on any atom is -0.377 e. The second kappa shape index (κ2) is 2.88. The second-order valence-corrected chi connectivity index (χ2v) is 2.04. The molecule has 1 aliphatic rings. The molecule has 1 heterocycles. The van der Waals surface area contributed by atoms with Crippen molar-refractivity contribution in [2.75, 3.05) is 13.2 Å². The van der Waals surface area contributed by atoms with E-state index in [-0.39, 0.29) is 0 Å². The van der Waals surface area contributed by atoms with E-state index in [1.54, 1.807) is 5.57 Å². The van der Waals surface area contributed by atoms with Crippen LogP contribution in [0.15, 0.2) is 11.6 Å². The quantitative estimate of drug-likeness (QED) is 0.469. The lowest BCUT2D eigenvalue weighted by Crippen LogP contribution is -2.03. The van der Waals surface area contributed by atoms with Gasteiger partial charge in [-0.25, -0.2) is 0 Å². The average molecular weight is 112 g/mol. The average Bonchev–Trinajstić information content (AvgIpc) is 1.90. The van der Waals surface area contributed by atoms with Crippen LogP contribution < -0.4 is 0 Å². The molecule has 0 aromatic carbocycles. The first-order chi connectivity index (χ1) is 3.93. The van der Waals surface area contributed by atoms with Crippen LogP contribution in [0.3, 0.4) is 0 Å². The van der Waals surface area contributed by atoms with Gasteiger partial charge in [-0.05, 0) is 12.8 Å². The van der Waals surface area contributed by atoms with Gasteiger partial charge >= 0.3 is 0 Å². The molecule has 0 radical (unpaired) electrons. The fraction of sp³-hybridized carbons (Fsp3) is 0.714. The Morgan fingerprint density at radius 1 is 1.75 bits per heavy atom. The molecular formula is C7H12O. The number of hydrogen-bond donors (Lipinski definition) is 0. The molecular weight excluding hydrogens is 100 g/mol. The zero-order valence-electron chi connectivity index (χ0n) is 5.31. The molecule has 0 aliphatic carbocycles. The molecule has 1 nitrogen and oxygen atoms in total. The molecule has 1 aliphatic heterocycles. The first-order valence-corrected chi connectivity index (χ1v) is 3.19. The molecule has 0 aromatic heterocycles. The van der Waals surface area contributed by atoms with E-state index < -0.39 is 0 Å². The van der Waals surface area contributed by atoms with Gasteiger partial charge in [-0.3, -0.25) is 0 Å². The molecule has 0 fully saturated rings. The van der Waals surface area contributed by atoms with E-state index in [2.05, 4.69) is 13.0 Å². The van der Waals surface area contributed by atoms with E-state index in [1.807, 2.05) is 0 Å². The summed E-state index contributed by atoms with van der Waals surface area (Å²) in [5.74, 6) is 0. The molecule has 0 N–H and O–H groups in total. The van der Waals surface area contributed by atoms with Gasteiger partial charge in [0.05, 0.1) is 13.2 Å². The molecule has 46 valence electrons. The maximum atomic E-state index is 5.13. The van der Waals surface area contributed by atoms with Crippen molar-refractivity contribution in [3.8, 4) is 0 Å². The number of ether oxygens (including phenoxy) is 1. The van der Waals surface area contributed by atoms with Gasteiger partial charge in [0.2, 0.25) is 0 Å². The molecule has 0 saturated heterocycles. The summed E-state index contributed by atoms with van der Waals surface area (Å²) in [4.78, 5) is 0. The lowest BCUT2D eigenvalue weighted by atomic mass is 10.1. The molecule has 0 aromatic rings. The lowest BCUT2D eigenvalue weighted by Gasteiger charge is -2.10. The Balaban J connectivity index is 2.37. The van der Waals surface area contributed by atoms with Crippen LogP contribution in [0.2, 0.25) is 0 Å². The van der Waals surface area contributed by atoms with Crippen molar-refractivity contribution in [2.24, 2.45) is 0 Å². The zero-order chi connectivity index (χ0) is 5.82. The molecule has 8 heavy (non-hydrogen) atoms. The molecule has 0 atom stereocenters. The van der Waals surface area contributed by atoms with Crippen molar-refractivity contribution in [2.45, 2.75) is 19.8 Å². The summed E-state index contributed by atoms with van der Waals surface area (Å²) in [5, 5.41) is 0. The monoisotopic (exact) mass is 112 g/mol. The Morgan fingerprint density at radius 3 is 3.00 bits per heavy atom. The van der Waals surface area contributed by atoms with E-state index in [1.165, 1.54) is 6.42 Å². The van der Waals surface area contributed by atoms with Crippen LogP contribution >= 0.6 is 0 Å². The Hall–Kier alpha value is -0.300. The largest absolute Gasteiger partial charge is 0.377 e. The fourth-order valence-electron chi connectivity index (χ4n) is 0.887. The van der Waals surface area contributed by atoms with Crippen LogP contribution in [-0.4, -0.2) is 13.2 Å². The Kier molecular flexibility index (Phi) is 2.10. The standard InChI is InChI=1S/C7H12O/c1-2-7-3-5-8-6-4-7/h3H,2,4-6H2,1H3. The predicted octanol–water partition coefficient (Wildman–Crippen LogP) is 1.74. The summed E-state index contributed by atoms with van der Waals surface area (Å²) < 4.78 is 5.13. The van der Waals surface area contributed by atoms with Crippen molar-refractivity contribution in [1.29, 1.82) is 0 Å². The Morgan fingerprint density at radius 2 is 2.62 bits per heavy atom. The molecule has 0 saturated carbocycles. The first-order valence-electron chi connectivity index (χ1n) is 3.19. The summed E-state index contributed by atoms with van der Waals surface area (Å²) in [7, 11) is 0. The Bertz CT molecular complexity index is 94.6. The van der Waals surface area contributed by atoms with E-state index in [0.29, 0.717) is 0 Å². The van der Waals surface area contributed by atoms with Crippen LogP contribution in [0.1, 0.15) is 19.8 Å². The van der Waals surface area contributed by atoms with Crippen LogP contribution in [-0.2, 0) is 4.74 Å². The van der Waals surface area contributed by atoms with Gasteiger partial charge in [0, 0.05) is 0 Å². The van der Waals surface area contributed by atoms with Gasteiger partial charge in [0.15, 0.2) is 0 Å². The highest BCUT2D eigenvalue weighted by molar-refractivity contribution is 5.03. The van der Waals surface area contributed by atoms with Crippen molar-refractivity contribution >= 4 is 0 Å². The van der Waals surface area contributed by atoms with Crippen molar-refractivity contribution in [3.05, 3.63) is 11.6 Å². The van der Waals surface area contributed by atoms with Crippen molar-refractivity contribution in [3.63, 3.8) is 0 Å². The van der Waals surface area contributed by atoms with E-state index >= 15 is 0 Å². The lowest BCUT2D eigenvalue weighted by molar-refractivity contribution is 0.153. The highest BCUT2D eigenvalue weighted by atomic mass is 16.5. The highest BCUT2D eigenvalue weighted by Gasteiger charge is 1.98. The smallest absolute Gasteiger partial charge is 0.0650 e. The molecule has 0 unspecified atom stereocenters. The third-order valence-electron chi connectivity index (χ3n) is 1.51. The van der Waals surface area contributed by atoms with Crippen molar-refractivity contribution in [1.82, 2.24) is 0 Å². The summed E-state index contributed by atoms with van der Waals surface area (Å²) in [5.41, 5.74) is 1.55. The normalized spacial score (nSPS) is 20.4. The molecule has 1 rings (SSSR count). The van der Waals surface area contributed by atoms with Gasteiger partial charge in [-0.2, -0.15) is 0 Å². The van der Waals surface area contributed by atoms with E-state index in [0.717, 1.165) is 19.6 Å². The van der Waals surface area contributed by atoms with E-state index in [9.17, 15) is 0 Å². The number of hydrogen-bond acceptors (Lipinski definition) is 1.